The number of nitrogens with one attached hydrogen (secondary N) is 1. The third-order valence-corrected chi connectivity index (χ3v) is 1.26. The summed E-state index contributed by atoms with van der Waals surface area (Å²) >= 11 is 0. The quantitative estimate of drug-likeness (QED) is 0.487. The molecule has 0 aromatic carbocycles. The molecule has 1 heterocycles. The first-order valence-electron chi connectivity index (χ1n) is 2.98. The van der Waals surface area contributed by atoms with Crippen molar-refractivity contribution in [3.05, 3.63) is 11.8 Å². The SMILES string of the molecule is OC1=CCCNCC1. The van der Waals surface area contributed by atoms with Crippen LogP contribution in [0.4, 0.5) is 0 Å². The lowest BCUT2D eigenvalue weighted by Gasteiger charge is -1.93. The van der Waals surface area contributed by atoms with E-state index in [9.17, 15) is 0 Å². The van der Waals surface area contributed by atoms with E-state index in [-0.39, 0.29) is 0 Å². The van der Waals surface area contributed by atoms with Crippen LogP contribution in [0.5, 0.6) is 0 Å². The summed E-state index contributed by atoms with van der Waals surface area (Å²) < 4.78 is 0. The Bertz CT molecular complexity index is 98.7. The zero-order valence-corrected chi connectivity index (χ0v) is 4.85. The number of rotatable bonds is 0. The van der Waals surface area contributed by atoms with Gasteiger partial charge in [-0.2, -0.15) is 0 Å². The Labute approximate surface area is 49.2 Å². The van der Waals surface area contributed by atoms with Crippen LogP contribution in [0, 0.1) is 0 Å². The zero-order chi connectivity index (χ0) is 5.82. The van der Waals surface area contributed by atoms with Gasteiger partial charge >= 0.3 is 0 Å². The second kappa shape index (κ2) is 2.72. The molecule has 0 radical (unpaired) electrons. The van der Waals surface area contributed by atoms with Crippen LogP contribution in [0.25, 0.3) is 0 Å². The summed E-state index contributed by atoms with van der Waals surface area (Å²) in [7, 11) is 0. The van der Waals surface area contributed by atoms with Gasteiger partial charge in [0, 0.05) is 13.0 Å². The molecule has 2 nitrogen and oxygen atoms in total. The van der Waals surface area contributed by atoms with Crippen LogP contribution < -0.4 is 5.32 Å². The van der Waals surface area contributed by atoms with Gasteiger partial charge in [-0.05, 0) is 19.0 Å². The predicted molar refractivity (Wildman–Crippen MR) is 32.8 cm³/mol. The Morgan fingerprint density at radius 1 is 1.50 bits per heavy atom. The molecule has 0 aromatic heterocycles. The van der Waals surface area contributed by atoms with Gasteiger partial charge in [-0.3, -0.25) is 0 Å². The molecule has 46 valence electrons. The van der Waals surface area contributed by atoms with E-state index < -0.39 is 0 Å². The normalized spacial score (nSPS) is 21.8. The highest BCUT2D eigenvalue weighted by molar-refractivity contribution is 4.93. The van der Waals surface area contributed by atoms with Crippen molar-refractivity contribution in [1.82, 2.24) is 5.32 Å². The van der Waals surface area contributed by atoms with E-state index >= 15 is 0 Å². The Balaban J connectivity index is 2.36. The molecular weight excluding hydrogens is 102 g/mol. The molecule has 0 amide bonds. The van der Waals surface area contributed by atoms with Gasteiger partial charge in [0.05, 0.1) is 5.76 Å². The van der Waals surface area contributed by atoms with E-state index in [1.807, 2.05) is 6.08 Å². The molecule has 1 aliphatic heterocycles. The van der Waals surface area contributed by atoms with Gasteiger partial charge in [-0.15, -0.1) is 0 Å². The van der Waals surface area contributed by atoms with Gasteiger partial charge in [0.1, 0.15) is 0 Å². The molecule has 0 saturated carbocycles. The van der Waals surface area contributed by atoms with Gasteiger partial charge < -0.3 is 10.4 Å². The fourth-order valence-electron chi connectivity index (χ4n) is 0.784. The molecule has 0 bridgehead atoms. The van der Waals surface area contributed by atoms with Crippen molar-refractivity contribution >= 4 is 0 Å². The minimum atomic E-state index is 0.537. The minimum Gasteiger partial charge on any atom is -0.513 e. The summed E-state index contributed by atoms with van der Waals surface area (Å²) in [5.41, 5.74) is 0. The number of aliphatic hydroxyl groups excluding tert-OH is 1. The highest BCUT2D eigenvalue weighted by Gasteiger charge is 1.96. The maximum absolute atomic E-state index is 8.91. The highest BCUT2D eigenvalue weighted by atomic mass is 16.3. The van der Waals surface area contributed by atoms with E-state index in [2.05, 4.69) is 5.32 Å². The van der Waals surface area contributed by atoms with Gasteiger partial charge in [-0.25, -0.2) is 0 Å². The number of hydrogen-bond acceptors (Lipinski definition) is 2. The topological polar surface area (TPSA) is 32.3 Å². The lowest BCUT2D eigenvalue weighted by Crippen LogP contribution is -2.13. The molecule has 0 saturated heterocycles. The summed E-state index contributed by atoms with van der Waals surface area (Å²) in [5.74, 6) is 0.537. The van der Waals surface area contributed by atoms with Crippen LogP contribution in [0.3, 0.4) is 0 Å². The van der Waals surface area contributed by atoms with E-state index in [0.29, 0.717) is 5.76 Å². The summed E-state index contributed by atoms with van der Waals surface area (Å²) in [6.45, 7) is 1.92. The standard InChI is InChI=1S/C6H11NO/c8-6-2-1-4-7-5-3-6/h2,7-8H,1,3-5H2. The smallest absolute Gasteiger partial charge is 0.0896 e. The van der Waals surface area contributed by atoms with Crippen LogP contribution in [0.1, 0.15) is 12.8 Å². The molecule has 0 spiro atoms. The minimum absolute atomic E-state index is 0.537. The average molecular weight is 113 g/mol. The van der Waals surface area contributed by atoms with Crippen molar-refractivity contribution in [2.24, 2.45) is 0 Å². The molecule has 1 aliphatic rings. The van der Waals surface area contributed by atoms with Crippen LogP contribution in [0.15, 0.2) is 11.8 Å². The first-order chi connectivity index (χ1) is 3.89. The van der Waals surface area contributed by atoms with Crippen molar-refractivity contribution in [3.8, 4) is 0 Å². The van der Waals surface area contributed by atoms with Crippen molar-refractivity contribution in [3.63, 3.8) is 0 Å². The molecular formula is C6H11NO. The lowest BCUT2D eigenvalue weighted by molar-refractivity contribution is 0.388. The molecule has 0 unspecified atom stereocenters. The Morgan fingerprint density at radius 3 is 3.25 bits per heavy atom. The van der Waals surface area contributed by atoms with Crippen molar-refractivity contribution in [2.75, 3.05) is 13.1 Å². The second-order valence-electron chi connectivity index (χ2n) is 1.98. The molecule has 2 heteroatoms. The van der Waals surface area contributed by atoms with Crippen molar-refractivity contribution < 1.29 is 5.11 Å². The van der Waals surface area contributed by atoms with Crippen molar-refractivity contribution in [2.45, 2.75) is 12.8 Å². The largest absolute Gasteiger partial charge is 0.513 e. The highest BCUT2D eigenvalue weighted by Crippen LogP contribution is 1.99. The van der Waals surface area contributed by atoms with E-state index in [4.69, 9.17) is 5.11 Å². The van der Waals surface area contributed by atoms with Crippen LogP contribution in [-0.2, 0) is 0 Å². The van der Waals surface area contributed by atoms with Gasteiger partial charge in [0.25, 0.3) is 0 Å². The van der Waals surface area contributed by atoms with E-state index in [1.54, 1.807) is 0 Å². The molecule has 8 heavy (non-hydrogen) atoms. The molecule has 0 atom stereocenters. The average Bonchev–Trinajstić information content (AvgIpc) is 1.94. The molecule has 0 aromatic rings. The Hall–Kier alpha value is -0.500. The first kappa shape index (κ1) is 5.63. The number of hydrogen-bond donors (Lipinski definition) is 2. The monoisotopic (exact) mass is 113 g/mol. The summed E-state index contributed by atoms with van der Waals surface area (Å²) in [6, 6.07) is 0. The first-order valence-corrected chi connectivity index (χ1v) is 2.98. The Morgan fingerprint density at radius 2 is 2.38 bits per heavy atom. The molecule has 2 N–H and O–H groups in total. The summed E-state index contributed by atoms with van der Waals surface area (Å²) in [6.07, 6.45) is 3.63. The zero-order valence-electron chi connectivity index (χ0n) is 4.85. The Kier molecular flexibility index (Phi) is 1.92. The van der Waals surface area contributed by atoms with E-state index in [1.165, 1.54) is 0 Å². The maximum atomic E-state index is 8.91. The second-order valence-corrected chi connectivity index (χ2v) is 1.98. The fourth-order valence-corrected chi connectivity index (χ4v) is 0.784. The van der Waals surface area contributed by atoms with Crippen LogP contribution in [-0.4, -0.2) is 18.2 Å². The van der Waals surface area contributed by atoms with E-state index in [0.717, 1.165) is 25.9 Å². The number of aliphatic hydroxyl groups is 1. The lowest BCUT2D eigenvalue weighted by atomic mass is 10.3. The van der Waals surface area contributed by atoms with Gasteiger partial charge in [0.15, 0.2) is 0 Å². The van der Waals surface area contributed by atoms with Crippen LogP contribution >= 0.6 is 0 Å². The fraction of sp³-hybridized carbons (Fsp3) is 0.667. The third kappa shape index (κ3) is 1.54. The molecule has 1 rings (SSSR count). The van der Waals surface area contributed by atoms with Crippen molar-refractivity contribution in [1.29, 1.82) is 0 Å². The van der Waals surface area contributed by atoms with Crippen LogP contribution in [0.2, 0.25) is 0 Å². The third-order valence-electron chi connectivity index (χ3n) is 1.26. The molecule has 0 fully saturated rings. The summed E-state index contributed by atoms with van der Waals surface area (Å²) in [5, 5.41) is 12.1. The van der Waals surface area contributed by atoms with Gasteiger partial charge in [0.2, 0.25) is 0 Å². The van der Waals surface area contributed by atoms with Gasteiger partial charge in [-0.1, -0.05) is 0 Å². The maximum Gasteiger partial charge on any atom is 0.0896 e. The molecule has 0 aliphatic carbocycles. The summed E-state index contributed by atoms with van der Waals surface area (Å²) in [4.78, 5) is 0. The predicted octanol–water partition coefficient (Wildman–Crippen LogP) is 0.812.